The van der Waals surface area contributed by atoms with Crippen LogP contribution in [0.1, 0.15) is 22.3 Å². The summed E-state index contributed by atoms with van der Waals surface area (Å²) < 4.78 is 21.6. The lowest BCUT2D eigenvalue weighted by Gasteiger charge is -2.33. The average Bonchev–Trinajstić information content (AvgIpc) is 3.73. The molecule has 0 amide bonds. The second kappa shape index (κ2) is 11.9. The molecule has 0 spiro atoms. The van der Waals surface area contributed by atoms with Crippen LogP contribution in [0.3, 0.4) is 0 Å². The third kappa shape index (κ3) is 4.48. The molecule has 0 fully saturated rings. The smallest absolute Gasteiger partial charge is 0.171 e. The maximum atomic E-state index is 14.9. The summed E-state index contributed by atoms with van der Waals surface area (Å²) in [7, 11) is -3.05. The molecule has 246 valence electrons. The zero-order chi connectivity index (χ0) is 34.7. The third-order valence-corrected chi connectivity index (χ3v) is 13.9. The fourth-order valence-electron chi connectivity index (χ4n) is 8.48. The highest BCUT2D eigenvalue weighted by atomic mass is 31.2. The van der Waals surface area contributed by atoms with Crippen molar-refractivity contribution in [2.24, 2.45) is 0 Å². The van der Waals surface area contributed by atoms with Gasteiger partial charge in [0.15, 0.2) is 7.14 Å². The molecule has 1 aliphatic carbocycles. The first-order valence-corrected chi connectivity index (χ1v) is 19.4. The van der Waals surface area contributed by atoms with E-state index in [9.17, 15) is 4.57 Å². The van der Waals surface area contributed by atoms with Gasteiger partial charge in [0.1, 0.15) is 11.2 Å². The summed E-state index contributed by atoms with van der Waals surface area (Å²) in [5.74, 6) is 0. The Morgan fingerprint density at radius 3 is 1.50 bits per heavy atom. The van der Waals surface area contributed by atoms with E-state index in [1.54, 1.807) is 0 Å². The topological polar surface area (TPSA) is 30.2 Å². The van der Waals surface area contributed by atoms with Gasteiger partial charge in [-0.3, -0.25) is 0 Å². The van der Waals surface area contributed by atoms with Crippen LogP contribution in [0.25, 0.3) is 44.2 Å². The molecule has 2 nitrogen and oxygen atoms in total. The first kappa shape index (κ1) is 30.6. The number of benzene rings is 8. The van der Waals surface area contributed by atoms with E-state index < -0.39 is 12.6 Å². The predicted molar refractivity (Wildman–Crippen MR) is 216 cm³/mol. The van der Waals surface area contributed by atoms with Gasteiger partial charge < -0.3 is 8.98 Å². The lowest BCUT2D eigenvalue weighted by molar-refractivity contribution is 0.592. The minimum Gasteiger partial charge on any atom is -0.456 e. The summed E-state index contributed by atoms with van der Waals surface area (Å²) in [6, 6.07) is 69.5. The van der Waals surface area contributed by atoms with Crippen LogP contribution in [-0.2, 0) is 9.98 Å². The van der Waals surface area contributed by atoms with Crippen LogP contribution in [-0.4, -0.2) is 0 Å². The lowest BCUT2D eigenvalue weighted by atomic mass is 9.67. The van der Waals surface area contributed by atoms with Gasteiger partial charge in [-0.25, -0.2) is 0 Å². The molecule has 1 heterocycles. The highest BCUT2D eigenvalue weighted by Crippen LogP contribution is 2.57. The van der Waals surface area contributed by atoms with Crippen LogP contribution in [0.4, 0.5) is 0 Å². The second-order valence-electron chi connectivity index (χ2n) is 13.6. The molecule has 0 unspecified atom stereocenters. The van der Waals surface area contributed by atoms with Crippen molar-refractivity contribution in [2.75, 3.05) is 0 Å². The Morgan fingerprint density at radius 2 is 0.885 bits per heavy atom. The number of fused-ring (bicyclic) bond motifs is 6. The molecule has 3 heteroatoms. The van der Waals surface area contributed by atoms with Crippen LogP contribution in [0.2, 0.25) is 0 Å². The maximum Gasteiger partial charge on any atom is 0.171 e. The predicted octanol–water partition coefficient (Wildman–Crippen LogP) is 11.3. The summed E-state index contributed by atoms with van der Waals surface area (Å²) in [6.45, 7) is 0. The van der Waals surface area contributed by atoms with Crippen LogP contribution in [0.5, 0.6) is 0 Å². The monoisotopic (exact) mass is 684 g/mol. The normalized spacial score (nSPS) is 13.2. The molecular formula is C49H33O2P. The van der Waals surface area contributed by atoms with Crippen molar-refractivity contribution in [2.45, 2.75) is 5.41 Å². The van der Waals surface area contributed by atoms with Crippen molar-refractivity contribution in [3.8, 4) is 22.3 Å². The van der Waals surface area contributed by atoms with Gasteiger partial charge in [-0.2, -0.15) is 0 Å². The molecule has 0 bridgehead atoms. The van der Waals surface area contributed by atoms with Crippen molar-refractivity contribution in [1.29, 1.82) is 0 Å². The zero-order valence-electron chi connectivity index (χ0n) is 28.3. The van der Waals surface area contributed by atoms with E-state index in [4.69, 9.17) is 4.42 Å². The van der Waals surface area contributed by atoms with Gasteiger partial charge in [-0.1, -0.05) is 176 Å². The lowest BCUT2D eigenvalue weighted by Crippen LogP contribution is -2.28. The summed E-state index contributed by atoms with van der Waals surface area (Å²) in [5, 5.41) is 4.65. The number of furan rings is 1. The van der Waals surface area contributed by atoms with Crippen molar-refractivity contribution >= 4 is 45.0 Å². The van der Waals surface area contributed by atoms with Gasteiger partial charge in [-0.05, 0) is 68.8 Å². The van der Waals surface area contributed by atoms with Gasteiger partial charge in [0.25, 0.3) is 0 Å². The van der Waals surface area contributed by atoms with Gasteiger partial charge in [-0.15, -0.1) is 0 Å². The molecule has 52 heavy (non-hydrogen) atoms. The van der Waals surface area contributed by atoms with E-state index in [2.05, 4.69) is 127 Å². The first-order chi connectivity index (χ1) is 25.7. The van der Waals surface area contributed by atoms with Crippen molar-refractivity contribution in [3.05, 3.63) is 222 Å². The standard InChI is InChI=1S/C49H33O2P/c50-52(38-19-9-3-10-20-38,39-21-11-4-12-22-39)40-28-25-34(26-29-40)35-27-30-47-43(31-35)44-32-42-41-23-13-14-24-45(41)49(36-15-5-1-6-16-36,37-17-7-2-8-18-37)46(42)33-48(44)51-47/h1-33H. The molecular weight excluding hydrogens is 652 g/mol. The molecule has 0 aliphatic heterocycles. The molecule has 1 aliphatic rings. The summed E-state index contributed by atoms with van der Waals surface area (Å²) >= 11 is 0. The number of rotatable bonds is 6. The van der Waals surface area contributed by atoms with E-state index in [0.29, 0.717) is 0 Å². The second-order valence-corrected chi connectivity index (χ2v) is 16.3. The van der Waals surface area contributed by atoms with E-state index in [-0.39, 0.29) is 0 Å². The molecule has 0 radical (unpaired) electrons. The molecule has 9 aromatic rings. The van der Waals surface area contributed by atoms with E-state index in [1.165, 1.54) is 33.4 Å². The first-order valence-electron chi connectivity index (χ1n) is 17.7. The van der Waals surface area contributed by atoms with Gasteiger partial charge in [0.2, 0.25) is 0 Å². The minimum atomic E-state index is -3.05. The van der Waals surface area contributed by atoms with E-state index in [1.807, 2.05) is 72.8 Å². The van der Waals surface area contributed by atoms with Crippen LogP contribution < -0.4 is 15.9 Å². The Balaban J connectivity index is 1.12. The van der Waals surface area contributed by atoms with E-state index >= 15 is 0 Å². The van der Waals surface area contributed by atoms with Crippen molar-refractivity contribution in [3.63, 3.8) is 0 Å². The molecule has 0 N–H and O–H groups in total. The largest absolute Gasteiger partial charge is 0.456 e. The molecule has 0 atom stereocenters. The van der Waals surface area contributed by atoms with Gasteiger partial charge in [0.05, 0.1) is 5.41 Å². The third-order valence-electron chi connectivity index (χ3n) is 10.9. The fraction of sp³-hybridized carbons (Fsp3) is 0.0204. The average molecular weight is 685 g/mol. The van der Waals surface area contributed by atoms with Gasteiger partial charge in [0, 0.05) is 26.7 Å². The molecule has 1 aromatic heterocycles. The van der Waals surface area contributed by atoms with Crippen LogP contribution >= 0.6 is 7.14 Å². The summed E-state index contributed by atoms with van der Waals surface area (Å²) in [4.78, 5) is 0. The molecule has 8 aromatic carbocycles. The molecule has 10 rings (SSSR count). The molecule has 0 saturated carbocycles. The van der Waals surface area contributed by atoms with Crippen molar-refractivity contribution in [1.82, 2.24) is 0 Å². The van der Waals surface area contributed by atoms with E-state index in [0.717, 1.165) is 49.0 Å². The Bertz CT molecular complexity index is 2700. The summed E-state index contributed by atoms with van der Waals surface area (Å²) in [5.41, 5.74) is 10.8. The van der Waals surface area contributed by atoms with Crippen molar-refractivity contribution < 1.29 is 8.98 Å². The number of hydrogen-bond donors (Lipinski definition) is 0. The Hall–Kier alpha value is -6.21. The fourth-order valence-corrected chi connectivity index (χ4v) is 11.1. The maximum absolute atomic E-state index is 14.9. The van der Waals surface area contributed by atoms with Crippen LogP contribution in [0.15, 0.2) is 205 Å². The minimum absolute atomic E-state index is 0.479. The Morgan fingerprint density at radius 1 is 0.385 bits per heavy atom. The summed E-state index contributed by atoms with van der Waals surface area (Å²) in [6.07, 6.45) is 0. The quantitative estimate of drug-likeness (QED) is 0.163. The zero-order valence-corrected chi connectivity index (χ0v) is 29.2. The Kier molecular flexibility index (Phi) is 7.03. The SMILES string of the molecule is O=P(c1ccccc1)(c1ccccc1)c1ccc(-c2ccc3oc4cc5c(cc4c3c2)-c2ccccc2C5(c2ccccc2)c2ccccc2)cc1. The molecule has 0 saturated heterocycles. The van der Waals surface area contributed by atoms with Gasteiger partial charge >= 0.3 is 0 Å². The van der Waals surface area contributed by atoms with Crippen LogP contribution in [0, 0.1) is 0 Å². The highest BCUT2D eigenvalue weighted by Gasteiger charge is 2.46. The number of hydrogen-bond acceptors (Lipinski definition) is 2. The Labute approximate surface area is 303 Å². The highest BCUT2D eigenvalue weighted by molar-refractivity contribution is 7.85.